The van der Waals surface area contributed by atoms with Gasteiger partial charge in [0.25, 0.3) is 0 Å². The minimum Gasteiger partial charge on any atom is -0.346 e. The van der Waals surface area contributed by atoms with Crippen LogP contribution >= 0.6 is 0 Å². The Hall–Kier alpha value is -0.860. The quantitative estimate of drug-likeness (QED) is 0.512. The van der Waals surface area contributed by atoms with Crippen molar-refractivity contribution in [2.45, 2.75) is 45.3 Å². The molecule has 2 nitrogen and oxygen atoms in total. The van der Waals surface area contributed by atoms with Gasteiger partial charge in [-0.1, -0.05) is 23.3 Å². The Morgan fingerprint density at radius 2 is 1.59 bits per heavy atom. The number of hydrogen-bond acceptors (Lipinski definition) is 2. The highest BCUT2D eigenvalue weighted by molar-refractivity contribution is 5.13. The second-order valence-corrected chi connectivity index (χ2v) is 4.71. The third-order valence-corrected chi connectivity index (χ3v) is 3.25. The maximum atomic E-state index is 5.84. The molecule has 0 N–H and O–H groups in total. The maximum Gasteiger partial charge on any atom is 0.169 e. The van der Waals surface area contributed by atoms with Gasteiger partial charge < -0.3 is 9.47 Å². The Morgan fingerprint density at radius 1 is 1.12 bits per heavy atom. The Bertz CT molecular complexity index is 274. The van der Waals surface area contributed by atoms with Crippen LogP contribution in [0.4, 0.5) is 0 Å². The second-order valence-electron chi connectivity index (χ2n) is 4.71. The fourth-order valence-corrected chi connectivity index (χ4v) is 2.18. The summed E-state index contributed by atoms with van der Waals surface area (Å²) in [4.78, 5) is 0. The predicted octanol–water partition coefficient (Wildman–Crippen LogP) is 4.00. The van der Waals surface area contributed by atoms with Crippen molar-refractivity contribution in [1.82, 2.24) is 0 Å². The van der Waals surface area contributed by atoms with Crippen molar-refractivity contribution in [3.63, 3.8) is 0 Å². The largest absolute Gasteiger partial charge is 0.346 e. The summed E-state index contributed by atoms with van der Waals surface area (Å²) < 4.78 is 11.7. The molecule has 0 bridgehead atoms. The monoisotopic (exact) mass is 236 g/mol. The van der Waals surface area contributed by atoms with Crippen LogP contribution in [0.2, 0.25) is 0 Å². The van der Waals surface area contributed by atoms with E-state index in [2.05, 4.69) is 27.0 Å². The molecule has 0 amide bonds. The van der Waals surface area contributed by atoms with E-state index in [-0.39, 0.29) is 0 Å². The van der Waals surface area contributed by atoms with Crippen molar-refractivity contribution in [3.8, 4) is 0 Å². The summed E-state index contributed by atoms with van der Waals surface area (Å²) in [6.07, 6.45) is 7.53. The Kier molecular flexibility index (Phi) is 5.66. The third kappa shape index (κ3) is 4.14. The lowest BCUT2D eigenvalue weighted by Crippen LogP contribution is -2.39. The molecule has 1 rings (SSSR count). The molecule has 0 heterocycles. The fourth-order valence-electron chi connectivity index (χ4n) is 2.18. The molecule has 0 atom stereocenters. The summed E-state index contributed by atoms with van der Waals surface area (Å²) >= 11 is 0. The SMILES string of the molecule is C=CCOC1(OCC=C)CCC(=C(C)C)CC1. The van der Waals surface area contributed by atoms with Crippen LogP contribution in [0.1, 0.15) is 39.5 Å². The third-order valence-electron chi connectivity index (χ3n) is 3.25. The molecule has 0 aromatic heterocycles. The van der Waals surface area contributed by atoms with Gasteiger partial charge in [0.1, 0.15) is 0 Å². The Morgan fingerprint density at radius 3 is 1.94 bits per heavy atom. The molecule has 2 heteroatoms. The van der Waals surface area contributed by atoms with E-state index < -0.39 is 5.79 Å². The minimum absolute atomic E-state index is 0.429. The average molecular weight is 236 g/mol. The molecule has 96 valence electrons. The van der Waals surface area contributed by atoms with Crippen molar-refractivity contribution in [1.29, 1.82) is 0 Å². The molecule has 1 fully saturated rings. The first-order valence-electron chi connectivity index (χ1n) is 6.28. The van der Waals surface area contributed by atoms with Gasteiger partial charge in [-0.15, -0.1) is 13.2 Å². The topological polar surface area (TPSA) is 18.5 Å². The van der Waals surface area contributed by atoms with Crippen LogP contribution in [0.5, 0.6) is 0 Å². The standard InChI is InChI=1S/C15H24O2/c1-5-11-16-15(17-12-6-2)9-7-14(8-10-15)13(3)4/h5-6H,1-2,7-12H2,3-4H3. The normalized spacial score (nSPS) is 18.8. The van der Waals surface area contributed by atoms with Gasteiger partial charge in [-0.3, -0.25) is 0 Å². The highest BCUT2D eigenvalue weighted by Crippen LogP contribution is 2.36. The number of hydrogen-bond donors (Lipinski definition) is 0. The zero-order valence-electron chi connectivity index (χ0n) is 11.1. The molecule has 1 saturated carbocycles. The van der Waals surface area contributed by atoms with Gasteiger partial charge in [-0.05, 0) is 26.7 Å². The number of ether oxygens (including phenoxy) is 2. The first-order valence-corrected chi connectivity index (χ1v) is 6.28. The van der Waals surface area contributed by atoms with E-state index in [0.29, 0.717) is 13.2 Å². The molecule has 0 unspecified atom stereocenters. The van der Waals surface area contributed by atoms with Crippen LogP contribution in [-0.4, -0.2) is 19.0 Å². The van der Waals surface area contributed by atoms with Crippen molar-refractivity contribution < 1.29 is 9.47 Å². The summed E-state index contributed by atoms with van der Waals surface area (Å²) in [6, 6.07) is 0. The highest BCUT2D eigenvalue weighted by Gasteiger charge is 2.35. The summed E-state index contributed by atoms with van der Waals surface area (Å²) in [5.74, 6) is -0.429. The lowest BCUT2D eigenvalue weighted by molar-refractivity contribution is -0.237. The zero-order chi connectivity index (χ0) is 12.7. The van der Waals surface area contributed by atoms with Crippen LogP contribution in [-0.2, 0) is 9.47 Å². The van der Waals surface area contributed by atoms with Crippen LogP contribution in [0.25, 0.3) is 0 Å². The van der Waals surface area contributed by atoms with Gasteiger partial charge in [0.2, 0.25) is 0 Å². The minimum atomic E-state index is -0.429. The molecule has 0 aromatic carbocycles. The van der Waals surface area contributed by atoms with E-state index in [0.717, 1.165) is 25.7 Å². The van der Waals surface area contributed by atoms with Gasteiger partial charge in [0, 0.05) is 12.8 Å². The van der Waals surface area contributed by atoms with E-state index in [1.54, 1.807) is 17.7 Å². The molecular weight excluding hydrogens is 212 g/mol. The molecule has 17 heavy (non-hydrogen) atoms. The molecule has 0 spiro atoms. The van der Waals surface area contributed by atoms with Crippen molar-refractivity contribution in [3.05, 3.63) is 36.5 Å². The van der Waals surface area contributed by atoms with Crippen LogP contribution in [0, 0.1) is 0 Å². The summed E-state index contributed by atoms with van der Waals surface area (Å²) in [6.45, 7) is 12.8. The molecule has 0 saturated heterocycles. The van der Waals surface area contributed by atoms with Gasteiger partial charge >= 0.3 is 0 Å². The number of rotatable bonds is 6. The number of allylic oxidation sites excluding steroid dienone is 2. The van der Waals surface area contributed by atoms with E-state index in [1.165, 1.54) is 5.57 Å². The first-order chi connectivity index (χ1) is 8.13. The summed E-state index contributed by atoms with van der Waals surface area (Å²) in [5, 5.41) is 0. The van der Waals surface area contributed by atoms with Gasteiger partial charge in [-0.25, -0.2) is 0 Å². The van der Waals surface area contributed by atoms with Gasteiger partial charge in [0.15, 0.2) is 5.79 Å². The van der Waals surface area contributed by atoms with Gasteiger partial charge in [-0.2, -0.15) is 0 Å². The van der Waals surface area contributed by atoms with E-state index >= 15 is 0 Å². The van der Waals surface area contributed by atoms with Crippen LogP contribution in [0.15, 0.2) is 36.5 Å². The van der Waals surface area contributed by atoms with E-state index in [9.17, 15) is 0 Å². The van der Waals surface area contributed by atoms with E-state index in [1.807, 2.05) is 0 Å². The zero-order valence-corrected chi connectivity index (χ0v) is 11.1. The predicted molar refractivity (Wildman–Crippen MR) is 71.9 cm³/mol. The Balaban J connectivity index is 2.63. The van der Waals surface area contributed by atoms with E-state index in [4.69, 9.17) is 9.47 Å². The smallest absolute Gasteiger partial charge is 0.169 e. The lowest BCUT2D eigenvalue weighted by atomic mass is 9.87. The molecule has 0 aliphatic heterocycles. The lowest BCUT2D eigenvalue weighted by Gasteiger charge is -2.37. The summed E-state index contributed by atoms with van der Waals surface area (Å²) in [5.41, 5.74) is 2.98. The molecule has 1 aliphatic rings. The highest BCUT2D eigenvalue weighted by atomic mass is 16.7. The van der Waals surface area contributed by atoms with Gasteiger partial charge in [0.05, 0.1) is 13.2 Å². The Labute approximate surface area is 105 Å². The average Bonchev–Trinajstić information content (AvgIpc) is 2.34. The second kappa shape index (κ2) is 6.77. The van der Waals surface area contributed by atoms with Crippen molar-refractivity contribution in [2.75, 3.05) is 13.2 Å². The molecular formula is C15H24O2. The first kappa shape index (κ1) is 14.2. The maximum absolute atomic E-state index is 5.84. The fraction of sp³-hybridized carbons (Fsp3) is 0.600. The van der Waals surface area contributed by atoms with Crippen LogP contribution in [0.3, 0.4) is 0 Å². The molecule has 0 aromatic rings. The molecule has 1 aliphatic carbocycles. The van der Waals surface area contributed by atoms with Crippen molar-refractivity contribution in [2.24, 2.45) is 0 Å². The van der Waals surface area contributed by atoms with Crippen LogP contribution < -0.4 is 0 Å². The van der Waals surface area contributed by atoms with Crippen molar-refractivity contribution >= 4 is 0 Å². The molecule has 0 radical (unpaired) electrons. The summed E-state index contributed by atoms with van der Waals surface area (Å²) in [7, 11) is 0.